The predicted octanol–water partition coefficient (Wildman–Crippen LogP) is 1.45. The van der Waals surface area contributed by atoms with Gasteiger partial charge in [0.05, 0.1) is 43.3 Å². The fraction of sp³-hybridized carbons (Fsp3) is 0.733. The molecule has 0 atom stereocenters. The Labute approximate surface area is 136 Å². The lowest BCUT2D eigenvalue weighted by atomic mass is 10.1. The van der Waals surface area contributed by atoms with Crippen molar-refractivity contribution in [2.45, 2.75) is 18.9 Å². The highest BCUT2D eigenvalue weighted by Gasteiger charge is 2.21. The van der Waals surface area contributed by atoms with Crippen LogP contribution in [0.2, 0.25) is 5.02 Å². The molecule has 0 bridgehead atoms. The van der Waals surface area contributed by atoms with Gasteiger partial charge in [0.2, 0.25) is 5.95 Å². The van der Waals surface area contributed by atoms with E-state index in [9.17, 15) is 0 Å². The fourth-order valence-corrected chi connectivity index (χ4v) is 2.96. The maximum atomic E-state index is 6.02. The Kier molecular flexibility index (Phi) is 5.83. The number of nitrogens with zero attached hydrogens (tertiary/aromatic N) is 4. The molecular formula is C15H23ClN4O2. The Morgan fingerprint density at radius 3 is 2.50 bits per heavy atom. The Balaban J connectivity index is 1.35. The standard InChI is InChI=1S/C15H23ClN4O2/c16-13-11-17-15(18-12-13)20-3-1-14(2-4-20)22-10-7-19-5-8-21-9-6-19/h11-12,14H,1-10H2. The van der Waals surface area contributed by atoms with Crippen LogP contribution in [-0.2, 0) is 9.47 Å². The Morgan fingerprint density at radius 1 is 1.14 bits per heavy atom. The second-order valence-electron chi connectivity index (χ2n) is 5.71. The summed E-state index contributed by atoms with van der Waals surface area (Å²) >= 11 is 5.82. The smallest absolute Gasteiger partial charge is 0.225 e. The number of ether oxygens (including phenoxy) is 2. The molecule has 6 nitrogen and oxygen atoms in total. The normalized spacial score (nSPS) is 21.2. The van der Waals surface area contributed by atoms with Crippen molar-refractivity contribution >= 4 is 17.5 Å². The molecule has 2 aliphatic rings. The second-order valence-corrected chi connectivity index (χ2v) is 6.15. The lowest BCUT2D eigenvalue weighted by molar-refractivity contribution is -0.00451. The molecular weight excluding hydrogens is 304 g/mol. The van der Waals surface area contributed by atoms with Crippen LogP contribution < -0.4 is 4.90 Å². The van der Waals surface area contributed by atoms with E-state index in [1.807, 2.05) is 0 Å². The third kappa shape index (κ3) is 4.52. The molecule has 7 heteroatoms. The largest absolute Gasteiger partial charge is 0.379 e. The molecule has 2 fully saturated rings. The minimum absolute atomic E-state index is 0.351. The highest BCUT2D eigenvalue weighted by atomic mass is 35.5. The van der Waals surface area contributed by atoms with Gasteiger partial charge in [0.1, 0.15) is 0 Å². The van der Waals surface area contributed by atoms with E-state index in [1.165, 1.54) is 0 Å². The van der Waals surface area contributed by atoms with E-state index >= 15 is 0 Å². The third-order valence-corrected chi connectivity index (χ3v) is 4.39. The lowest BCUT2D eigenvalue weighted by Gasteiger charge is -2.32. The molecule has 0 N–H and O–H groups in total. The first-order valence-corrected chi connectivity index (χ1v) is 8.33. The first kappa shape index (κ1) is 15.9. The van der Waals surface area contributed by atoms with Crippen LogP contribution >= 0.6 is 11.6 Å². The Morgan fingerprint density at radius 2 is 1.82 bits per heavy atom. The van der Waals surface area contributed by atoms with Crippen molar-refractivity contribution in [1.82, 2.24) is 14.9 Å². The van der Waals surface area contributed by atoms with E-state index in [4.69, 9.17) is 21.1 Å². The number of halogens is 1. The number of anilines is 1. The molecule has 3 heterocycles. The van der Waals surface area contributed by atoms with Gasteiger partial charge in [-0.1, -0.05) is 11.6 Å². The second kappa shape index (κ2) is 8.06. The molecule has 0 radical (unpaired) electrons. The van der Waals surface area contributed by atoms with Crippen molar-refractivity contribution in [3.63, 3.8) is 0 Å². The van der Waals surface area contributed by atoms with Crippen molar-refractivity contribution < 1.29 is 9.47 Å². The van der Waals surface area contributed by atoms with Crippen LogP contribution in [0, 0.1) is 0 Å². The monoisotopic (exact) mass is 326 g/mol. The van der Waals surface area contributed by atoms with Gasteiger partial charge in [-0.2, -0.15) is 0 Å². The zero-order chi connectivity index (χ0) is 15.2. The summed E-state index contributed by atoms with van der Waals surface area (Å²) in [6, 6.07) is 0. The molecule has 0 aliphatic carbocycles. The van der Waals surface area contributed by atoms with Crippen LogP contribution in [0.25, 0.3) is 0 Å². The number of piperidine rings is 1. The molecule has 1 aromatic rings. The number of aromatic nitrogens is 2. The molecule has 2 saturated heterocycles. The molecule has 22 heavy (non-hydrogen) atoms. The first-order chi connectivity index (χ1) is 10.8. The van der Waals surface area contributed by atoms with Gasteiger partial charge in [0, 0.05) is 32.7 Å². The van der Waals surface area contributed by atoms with Crippen molar-refractivity contribution in [3.8, 4) is 0 Å². The minimum atomic E-state index is 0.351. The van der Waals surface area contributed by atoms with Crippen molar-refractivity contribution in [1.29, 1.82) is 0 Å². The molecule has 122 valence electrons. The highest BCUT2D eigenvalue weighted by molar-refractivity contribution is 6.30. The van der Waals surface area contributed by atoms with Gasteiger partial charge in [-0.25, -0.2) is 9.97 Å². The van der Waals surface area contributed by atoms with E-state index < -0.39 is 0 Å². The van der Waals surface area contributed by atoms with E-state index in [0.29, 0.717) is 11.1 Å². The number of rotatable bonds is 5. The summed E-state index contributed by atoms with van der Waals surface area (Å²) in [5, 5.41) is 0.574. The van der Waals surface area contributed by atoms with Crippen LogP contribution in [0.15, 0.2) is 12.4 Å². The number of hydrogen-bond donors (Lipinski definition) is 0. The molecule has 3 rings (SSSR count). The first-order valence-electron chi connectivity index (χ1n) is 7.95. The Bertz CT molecular complexity index is 445. The van der Waals surface area contributed by atoms with Crippen LogP contribution in [0.4, 0.5) is 5.95 Å². The van der Waals surface area contributed by atoms with Gasteiger partial charge < -0.3 is 14.4 Å². The molecule has 0 amide bonds. The molecule has 0 aromatic carbocycles. The highest BCUT2D eigenvalue weighted by Crippen LogP contribution is 2.18. The van der Waals surface area contributed by atoms with Crippen LogP contribution in [0.5, 0.6) is 0 Å². The van der Waals surface area contributed by atoms with Crippen molar-refractivity contribution in [2.24, 2.45) is 0 Å². The average molecular weight is 327 g/mol. The van der Waals surface area contributed by atoms with Crippen LogP contribution in [0.1, 0.15) is 12.8 Å². The number of hydrogen-bond acceptors (Lipinski definition) is 6. The Hall–Kier alpha value is -0.950. The van der Waals surface area contributed by atoms with Gasteiger partial charge >= 0.3 is 0 Å². The van der Waals surface area contributed by atoms with E-state index in [0.717, 1.165) is 71.3 Å². The van der Waals surface area contributed by atoms with Crippen LogP contribution in [0.3, 0.4) is 0 Å². The van der Waals surface area contributed by atoms with E-state index in [2.05, 4.69) is 19.8 Å². The summed E-state index contributed by atoms with van der Waals surface area (Å²) < 4.78 is 11.4. The van der Waals surface area contributed by atoms with Crippen molar-refractivity contribution in [3.05, 3.63) is 17.4 Å². The summed E-state index contributed by atoms with van der Waals surface area (Å²) in [6.45, 7) is 7.42. The van der Waals surface area contributed by atoms with Gasteiger partial charge in [-0.3, -0.25) is 4.90 Å². The quantitative estimate of drug-likeness (QED) is 0.816. The topological polar surface area (TPSA) is 50.7 Å². The summed E-state index contributed by atoms with van der Waals surface area (Å²) in [4.78, 5) is 13.1. The maximum absolute atomic E-state index is 6.02. The van der Waals surface area contributed by atoms with Gasteiger partial charge in [-0.05, 0) is 12.8 Å². The minimum Gasteiger partial charge on any atom is -0.379 e. The summed E-state index contributed by atoms with van der Waals surface area (Å²) in [5.41, 5.74) is 0. The fourth-order valence-electron chi connectivity index (χ4n) is 2.86. The molecule has 0 unspecified atom stereocenters. The van der Waals surface area contributed by atoms with E-state index in [-0.39, 0.29) is 0 Å². The molecule has 1 aromatic heterocycles. The zero-order valence-corrected chi connectivity index (χ0v) is 13.5. The third-order valence-electron chi connectivity index (χ3n) is 4.20. The molecule has 0 saturated carbocycles. The van der Waals surface area contributed by atoms with Crippen molar-refractivity contribution in [2.75, 3.05) is 57.4 Å². The van der Waals surface area contributed by atoms with Gasteiger partial charge in [0.25, 0.3) is 0 Å². The average Bonchev–Trinajstić information content (AvgIpc) is 2.57. The summed E-state index contributed by atoms with van der Waals surface area (Å²) in [6.07, 6.45) is 5.69. The van der Waals surface area contributed by atoms with Crippen LogP contribution in [-0.4, -0.2) is 73.5 Å². The molecule has 0 spiro atoms. The SMILES string of the molecule is Clc1cnc(N2CCC(OCCN3CCOCC3)CC2)nc1. The van der Waals surface area contributed by atoms with Gasteiger partial charge in [-0.15, -0.1) is 0 Å². The summed E-state index contributed by atoms with van der Waals surface area (Å²) in [5.74, 6) is 0.760. The molecule has 2 aliphatic heterocycles. The van der Waals surface area contributed by atoms with Gasteiger partial charge in [0.15, 0.2) is 0 Å². The summed E-state index contributed by atoms with van der Waals surface area (Å²) in [7, 11) is 0. The van der Waals surface area contributed by atoms with E-state index in [1.54, 1.807) is 12.4 Å². The maximum Gasteiger partial charge on any atom is 0.225 e. The lowest BCUT2D eigenvalue weighted by Crippen LogP contribution is -2.41. The number of morpholine rings is 1. The zero-order valence-electron chi connectivity index (χ0n) is 12.8. The predicted molar refractivity (Wildman–Crippen MR) is 85.5 cm³/mol.